The average molecular weight is 407 g/mol. The molecule has 0 aliphatic carbocycles. The molecule has 0 saturated heterocycles. The number of rotatable bonds is 7. The number of aryl methyl sites for hydroxylation is 1. The van der Waals surface area contributed by atoms with Crippen molar-refractivity contribution < 1.29 is 26.8 Å². The Labute approximate surface area is 162 Å². The number of furan rings is 2. The van der Waals surface area contributed by atoms with Crippen molar-refractivity contribution in [3.8, 4) is 0 Å². The van der Waals surface area contributed by atoms with Gasteiger partial charge in [0.1, 0.15) is 16.4 Å². The van der Waals surface area contributed by atoms with Gasteiger partial charge < -0.3 is 13.6 Å². The molecule has 0 unspecified atom stereocenters. The Morgan fingerprint density at radius 3 is 2.64 bits per heavy atom. The van der Waals surface area contributed by atoms with E-state index in [0.29, 0.717) is 22.9 Å². The molecule has 3 aromatic heterocycles. The first-order chi connectivity index (χ1) is 13.2. The topological polar surface area (TPSA) is 108 Å². The molecule has 0 atom stereocenters. The molecule has 150 valence electrons. The molecule has 0 bridgehead atoms. The monoisotopic (exact) mass is 407 g/mol. The van der Waals surface area contributed by atoms with E-state index in [9.17, 15) is 13.2 Å². The van der Waals surface area contributed by atoms with Gasteiger partial charge >= 0.3 is 5.97 Å². The van der Waals surface area contributed by atoms with Crippen LogP contribution in [0.4, 0.5) is 0 Å². The SMILES string of the molecule is COC(=O)c1ccc(Cn2nc(C)c(S(=O)(=O)N(C)Cc3ccco3)c2C)o1. The summed E-state index contributed by atoms with van der Waals surface area (Å²) in [5, 5.41) is 4.34. The van der Waals surface area contributed by atoms with E-state index in [-0.39, 0.29) is 23.7 Å². The zero-order valence-corrected chi connectivity index (χ0v) is 16.8. The highest BCUT2D eigenvalue weighted by atomic mass is 32.2. The van der Waals surface area contributed by atoms with E-state index in [4.69, 9.17) is 8.83 Å². The molecule has 3 rings (SSSR count). The Morgan fingerprint density at radius 2 is 2.00 bits per heavy atom. The van der Waals surface area contributed by atoms with Gasteiger partial charge in [-0.2, -0.15) is 9.40 Å². The number of esters is 1. The Balaban J connectivity index is 1.86. The van der Waals surface area contributed by atoms with Crippen LogP contribution in [0.3, 0.4) is 0 Å². The van der Waals surface area contributed by atoms with Gasteiger partial charge in [0.05, 0.1) is 37.9 Å². The Morgan fingerprint density at radius 1 is 1.25 bits per heavy atom. The molecule has 0 aliphatic rings. The molecule has 0 N–H and O–H groups in total. The van der Waals surface area contributed by atoms with E-state index in [1.807, 2.05) is 0 Å². The first-order valence-electron chi connectivity index (χ1n) is 8.43. The maximum atomic E-state index is 13.0. The zero-order chi connectivity index (χ0) is 20.5. The van der Waals surface area contributed by atoms with Crippen molar-refractivity contribution in [3.63, 3.8) is 0 Å². The summed E-state index contributed by atoms with van der Waals surface area (Å²) < 4.78 is 44.1. The third-order valence-electron chi connectivity index (χ3n) is 4.30. The predicted molar refractivity (Wildman–Crippen MR) is 98.2 cm³/mol. The Hall–Kier alpha value is -2.85. The van der Waals surface area contributed by atoms with Crippen LogP contribution in [0.2, 0.25) is 0 Å². The molecule has 28 heavy (non-hydrogen) atoms. The first kappa shape index (κ1) is 19.9. The van der Waals surface area contributed by atoms with E-state index in [1.54, 1.807) is 32.0 Å². The fourth-order valence-corrected chi connectivity index (χ4v) is 4.39. The van der Waals surface area contributed by atoms with Crippen molar-refractivity contribution in [2.75, 3.05) is 14.2 Å². The number of hydrogen-bond acceptors (Lipinski definition) is 7. The number of nitrogens with zero attached hydrogens (tertiary/aromatic N) is 3. The van der Waals surface area contributed by atoms with Crippen LogP contribution in [0.1, 0.15) is 33.5 Å². The number of methoxy groups -OCH3 is 1. The van der Waals surface area contributed by atoms with Crippen molar-refractivity contribution in [3.05, 3.63) is 59.2 Å². The second-order valence-corrected chi connectivity index (χ2v) is 8.24. The molecule has 3 aromatic rings. The van der Waals surface area contributed by atoms with Gasteiger partial charge in [-0.25, -0.2) is 13.2 Å². The number of aromatic nitrogens is 2. The normalized spacial score (nSPS) is 11.9. The van der Waals surface area contributed by atoms with Crippen LogP contribution >= 0.6 is 0 Å². The van der Waals surface area contributed by atoms with E-state index < -0.39 is 16.0 Å². The minimum absolute atomic E-state index is 0.0741. The fourth-order valence-electron chi connectivity index (χ4n) is 2.89. The van der Waals surface area contributed by atoms with Gasteiger partial charge in [-0.1, -0.05) is 0 Å². The van der Waals surface area contributed by atoms with Gasteiger partial charge in [-0.3, -0.25) is 4.68 Å². The summed E-state index contributed by atoms with van der Waals surface area (Å²) in [4.78, 5) is 11.7. The third-order valence-corrected chi connectivity index (χ3v) is 6.35. The smallest absolute Gasteiger partial charge is 0.373 e. The van der Waals surface area contributed by atoms with Crippen molar-refractivity contribution >= 4 is 16.0 Å². The number of carbonyl (C=O) groups excluding carboxylic acids is 1. The standard InChI is InChI=1S/C18H21N3O6S/c1-12-17(28(23,24)20(3)10-14-6-5-9-26-14)13(2)21(19-12)11-15-7-8-16(27-15)18(22)25-4/h5-9H,10-11H2,1-4H3. The van der Waals surface area contributed by atoms with Gasteiger partial charge in [-0.15, -0.1) is 0 Å². The van der Waals surface area contributed by atoms with E-state index in [1.165, 1.54) is 35.5 Å². The quantitative estimate of drug-likeness (QED) is 0.553. The molecule has 3 heterocycles. The summed E-state index contributed by atoms with van der Waals surface area (Å²) >= 11 is 0. The van der Waals surface area contributed by atoms with Crippen molar-refractivity contribution in [1.29, 1.82) is 0 Å². The number of ether oxygens (including phenoxy) is 1. The molecule has 9 nitrogen and oxygen atoms in total. The average Bonchev–Trinajstić information content (AvgIpc) is 3.37. The van der Waals surface area contributed by atoms with E-state index in [2.05, 4.69) is 9.84 Å². The summed E-state index contributed by atoms with van der Waals surface area (Å²) in [7, 11) is -1.02. The lowest BCUT2D eigenvalue weighted by Gasteiger charge is -2.16. The summed E-state index contributed by atoms with van der Waals surface area (Å²) in [5.41, 5.74) is 0.850. The van der Waals surface area contributed by atoms with Gasteiger partial charge in [0, 0.05) is 7.05 Å². The summed E-state index contributed by atoms with van der Waals surface area (Å²) in [6, 6.07) is 6.54. The number of carbonyl (C=O) groups is 1. The molecule has 0 aromatic carbocycles. The molecule has 0 saturated carbocycles. The Kier molecular flexibility index (Phi) is 5.43. The second kappa shape index (κ2) is 7.64. The van der Waals surface area contributed by atoms with Crippen molar-refractivity contribution in [2.24, 2.45) is 0 Å². The Bertz CT molecular complexity index is 1080. The largest absolute Gasteiger partial charge is 0.468 e. The highest BCUT2D eigenvalue weighted by molar-refractivity contribution is 7.89. The summed E-state index contributed by atoms with van der Waals surface area (Å²) in [6.07, 6.45) is 1.50. The lowest BCUT2D eigenvalue weighted by molar-refractivity contribution is 0.0562. The van der Waals surface area contributed by atoms with Crippen LogP contribution in [0, 0.1) is 13.8 Å². The highest BCUT2D eigenvalue weighted by Gasteiger charge is 2.29. The van der Waals surface area contributed by atoms with Gasteiger partial charge in [0.15, 0.2) is 0 Å². The maximum Gasteiger partial charge on any atom is 0.373 e. The lowest BCUT2D eigenvalue weighted by atomic mass is 10.4. The number of hydrogen-bond donors (Lipinski definition) is 0. The summed E-state index contributed by atoms with van der Waals surface area (Å²) in [6.45, 7) is 3.61. The molecule has 10 heteroatoms. The van der Waals surface area contributed by atoms with E-state index >= 15 is 0 Å². The van der Waals surface area contributed by atoms with Crippen LogP contribution in [0.5, 0.6) is 0 Å². The molecule has 0 fully saturated rings. The van der Waals surface area contributed by atoms with Crippen LogP contribution < -0.4 is 0 Å². The molecular weight excluding hydrogens is 386 g/mol. The first-order valence-corrected chi connectivity index (χ1v) is 9.87. The van der Waals surface area contributed by atoms with Gasteiger partial charge in [0.2, 0.25) is 15.8 Å². The van der Waals surface area contributed by atoms with Crippen LogP contribution in [0.15, 0.2) is 44.3 Å². The van der Waals surface area contributed by atoms with Crippen molar-refractivity contribution in [2.45, 2.75) is 31.8 Å². The maximum absolute atomic E-state index is 13.0. The highest BCUT2D eigenvalue weighted by Crippen LogP contribution is 2.25. The molecule has 0 spiro atoms. The predicted octanol–water partition coefficient (Wildman–Crippen LogP) is 2.34. The minimum Gasteiger partial charge on any atom is -0.468 e. The van der Waals surface area contributed by atoms with E-state index in [0.717, 1.165) is 0 Å². The summed E-state index contributed by atoms with van der Waals surface area (Å²) in [5.74, 6) is 0.492. The fraction of sp³-hybridized carbons (Fsp3) is 0.333. The van der Waals surface area contributed by atoms with Crippen LogP contribution in [-0.4, -0.2) is 42.6 Å². The minimum atomic E-state index is -3.77. The van der Waals surface area contributed by atoms with Gasteiger partial charge in [0.25, 0.3) is 0 Å². The third kappa shape index (κ3) is 3.73. The number of sulfonamides is 1. The second-order valence-electron chi connectivity index (χ2n) is 6.26. The lowest BCUT2D eigenvalue weighted by Crippen LogP contribution is -2.27. The molecule has 0 radical (unpaired) electrons. The van der Waals surface area contributed by atoms with Crippen LogP contribution in [0.25, 0.3) is 0 Å². The molecular formula is C18H21N3O6S. The van der Waals surface area contributed by atoms with Gasteiger partial charge in [-0.05, 0) is 38.1 Å². The zero-order valence-electron chi connectivity index (χ0n) is 16.0. The van der Waals surface area contributed by atoms with Crippen molar-refractivity contribution in [1.82, 2.24) is 14.1 Å². The molecule has 0 amide bonds. The van der Waals surface area contributed by atoms with Crippen LogP contribution in [-0.2, 0) is 27.8 Å². The molecule has 0 aliphatic heterocycles.